The molecule has 2 aromatic heterocycles. The van der Waals surface area contributed by atoms with Crippen LogP contribution < -0.4 is 15.6 Å². The summed E-state index contributed by atoms with van der Waals surface area (Å²) >= 11 is 2.89. The Morgan fingerprint density at radius 3 is 2.83 bits per heavy atom. The molecule has 0 spiro atoms. The van der Waals surface area contributed by atoms with Crippen LogP contribution in [0.4, 0.5) is 5.69 Å². The Morgan fingerprint density at radius 1 is 1.26 bits per heavy atom. The molecular weight excluding hydrogens is 478 g/mol. The standard InChI is InChI=1S/C27H27N3O3S2/c1-16-10-12-21(33-3)20(13-16)28-23(31)15-34-27-29-25-24(19-11-9-17(2)14-22(19)35-25)26(32)30(27)18-7-5-4-6-8-18/h4-8,10,12-13,17H,9,11,14-15H2,1-3H3,(H,28,31). The molecular formula is C27H27N3O3S2. The predicted molar refractivity (Wildman–Crippen MR) is 143 cm³/mol. The Kier molecular flexibility index (Phi) is 6.67. The zero-order chi connectivity index (χ0) is 24.5. The van der Waals surface area contributed by atoms with Gasteiger partial charge in [-0.15, -0.1) is 11.3 Å². The van der Waals surface area contributed by atoms with E-state index >= 15 is 0 Å². The number of para-hydroxylation sites is 1. The van der Waals surface area contributed by atoms with E-state index in [4.69, 9.17) is 9.72 Å². The number of nitrogens with one attached hydrogen (secondary N) is 1. The highest BCUT2D eigenvalue weighted by molar-refractivity contribution is 7.99. The molecule has 0 bridgehead atoms. The molecule has 1 amide bonds. The minimum atomic E-state index is -0.188. The molecule has 2 aromatic carbocycles. The third kappa shape index (κ3) is 4.73. The molecule has 1 unspecified atom stereocenters. The van der Waals surface area contributed by atoms with Crippen molar-refractivity contribution in [3.05, 3.63) is 74.9 Å². The van der Waals surface area contributed by atoms with E-state index in [9.17, 15) is 9.59 Å². The van der Waals surface area contributed by atoms with Crippen LogP contribution >= 0.6 is 23.1 Å². The summed E-state index contributed by atoms with van der Waals surface area (Å²) in [6, 6.07) is 15.2. The predicted octanol–water partition coefficient (Wildman–Crippen LogP) is 5.62. The van der Waals surface area contributed by atoms with Crippen LogP contribution in [0.2, 0.25) is 0 Å². The zero-order valence-corrected chi connectivity index (χ0v) is 21.6. The molecule has 8 heteroatoms. The van der Waals surface area contributed by atoms with Crippen LogP contribution in [-0.4, -0.2) is 28.3 Å². The fourth-order valence-corrected chi connectivity index (χ4v) is 6.75. The van der Waals surface area contributed by atoms with Crippen LogP contribution in [0.1, 0.15) is 29.3 Å². The third-order valence-electron chi connectivity index (χ3n) is 6.27. The van der Waals surface area contributed by atoms with Gasteiger partial charge in [0, 0.05) is 4.88 Å². The van der Waals surface area contributed by atoms with E-state index in [2.05, 4.69) is 12.2 Å². The number of fused-ring (bicyclic) bond motifs is 3. The van der Waals surface area contributed by atoms with Gasteiger partial charge in [0.05, 0.1) is 29.6 Å². The van der Waals surface area contributed by atoms with Gasteiger partial charge >= 0.3 is 0 Å². The lowest BCUT2D eigenvalue weighted by Gasteiger charge is -2.18. The van der Waals surface area contributed by atoms with Gasteiger partial charge in [0.25, 0.3) is 5.56 Å². The van der Waals surface area contributed by atoms with Crippen molar-refractivity contribution in [1.82, 2.24) is 9.55 Å². The van der Waals surface area contributed by atoms with Crippen molar-refractivity contribution in [2.45, 2.75) is 38.3 Å². The number of aromatic nitrogens is 2. The topological polar surface area (TPSA) is 73.2 Å². The summed E-state index contributed by atoms with van der Waals surface area (Å²) in [6.45, 7) is 4.22. The Balaban J connectivity index is 1.50. The minimum Gasteiger partial charge on any atom is -0.495 e. The largest absolute Gasteiger partial charge is 0.495 e. The van der Waals surface area contributed by atoms with E-state index in [1.807, 2.05) is 55.5 Å². The molecule has 0 fully saturated rings. The number of ether oxygens (including phenoxy) is 1. The second-order valence-electron chi connectivity index (χ2n) is 8.94. The van der Waals surface area contributed by atoms with E-state index in [1.165, 1.54) is 16.6 Å². The van der Waals surface area contributed by atoms with E-state index in [1.54, 1.807) is 23.0 Å². The van der Waals surface area contributed by atoms with Gasteiger partial charge in [-0.25, -0.2) is 4.98 Å². The molecule has 0 radical (unpaired) electrons. The summed E-state index contributed by atoms with van der Waals surface area (Å²) in [5, 5.41) is 4.19. The Labute approximate surface area is 212 Å². The number of methoxy groups -OCH3 is 1. The van der Waals surface area contributed by atoms with Crippen LogP contribution in [0.25, 0.3) is 15.9 Å². The lowest BCUT2D eigenvalue weighted by molar-refractivity contribution is -0.113. The molecule has 5 rings (SSSR count). The molecule has 0 aliphatic heterocycles. The van der Waals surface area contributed by atoms with Gasteiger partial charge in [-0.3, -0.25) is 14.2 Å². The number of thioether (sulfide) groups is 1. The summed E-state index contributed by atoms with van der Waals surface area (Å²) in [7, 11) is 1.58. The van der Waals surface area contributed by atoms with Crippen molar-refractivity contribution in [3.63, 3.8) is 0 Å². The molecule has 1 N–H and O–H groups in total. The highest BCUT2D eigenvalue weighted by Gasteiger charge is 2.25. The summed E-state index contributed by atoms with van der Waals surface area (Å²) in [4.78, 5) is 33.6. The summed E-state index contributed by atoms with van der Waals surface area (Å²) in [5.41, 5.74) is 3.50. The minimum absolute atomic E-state index is 0.0588. The van der Waals surface area contributed by atoms with Gasteiger partial charge in [0.1, 0.15) is 10.6 Å². The summed E-state index contributed by atoms with van der Waals surface area (Å²) in [5.74, 6) is 1.15. The van der Waals surface area contributed by atoms with Crippen molar-refractivity contribution < 1.29 is 9.53 Å². The highest BCUT2D eigenvalue weighted by atomic mass is 32.2. The molecule has 4 aromatic rings. The first-order chi connectivity index (χ1) is 16.9. The van der Waals surface area contributed by atoms with Crippen molar-refractivity contribution in [1.29, 1.82) is 0 Å². The number of hydrogen-bond donors (Lipinski definition) is 1. The van der Waals surface area contributed by atoms with Crippen LogP contribution in [0.3, 0.4) is 0 Å². The SMILES string of the molecule is COc1ccc(C)cc1NC(=O)CSc1nc2sc3c(c2c(=O)n1-c1ccccc1)CCC(C)C3. The first-order valence-electron chi connectivity index (χ1n) is 11.6. The number of aryl methyl sites for hydroxylation is 2. The fraction of sp³-hybridized carbons (Fsp3) is 0.296. The molecule has 1 aliphatic rings. The second-order valence-corrected chi connectivity index (χ2v) is 11.0. The molecule has 180 valence electrons. The molecule has 0 saturated heterocycles. The third-order valence-corrected chi connectivity index (χ3v) is 8.36. The number of anilines is 1. The first kappa shape index (κ1) is 23.6. The van der Waals surface area contributed by atoms with E-state index < -0.39 is 0 Å². The number of thiophene rings is 1. The average molecular weight is 506 g/mol. The number of carbonyl (C=O) groups is 1. The van der Waals surface area contributed by atoms with Gasteiger partial charge in [-0.05, 0) is 67.5 Å². The average Bonchev–Trinajstić information content (AvgIpc) is 3.21. The maximum Gasteiger partial charge on any atom is 0.267 e. The molecule has 1 atom stereocenters. The fourth-order valence-electron chi connectivity index (χ4n) is 4.51. The van der Waals surface area contributed by atoms with E-state index in [0.717, 1.165) is 46.3 Å². The maximum atomic E-state index is 13.8. The Hall–Kier alpha value is -3.10. The zero-order valence-electron chi connectivity index (χ0n) is 20.0. The number of nitrogens with zero attached hydrogens (tertiary/aromatic N) is 2. The number of hydrogen-bond acceptors (Lipinski definition) is 6. The van der Waals surface area contributed by atoms with Crippen LogP contribution in [0.15, 0.2) is 58.5 Å². The number of amides is 1. The lowest BCUT2D eigenvalue weighted by Crippen LogP contribution is -2.23. The van der Waals surface area contributed by atoms with Gasteiger partial charge in [0.15, 0.2) is 5.16 Å². The Morgan fingerprint density at radius 2 is 2.06 bits per heavy atom. The lowest BCUT2D eigenvalue weighted by atomic mass is 9.89. The van der Waals surface area contributed by atoms with Gasteiger partial charge in [-0.2, -0.15) is 0 Å². The number of rotatable bonds is 6. The Bertz CT molecular complexity index is 1460. The van der Waals surface area contributed by atoms with E-state index in [0.29, 0.717) is 22.5 Å². The summed E-state index contributed by atoms with van der Waals surface area (Å²) in [6.07, 6.45) is 2.99. The molecule has 2 heterocycles. The molecule has 0 saturated carbocycles. The van der Waals surface area contributed by atoms with Crippen LogP contribution in [0, 0.1) is 12.8 Å². The second kappa shape index (κ2) is 9.87. The number of benzene rings is 2. The molecule has 1 aliphatic carbocycles. The van der Waals surface area contributed by atoms with Crippen molar-refractivity contribution in [2.75, 3.05) is 18.2 Å². The summed E-state index contributed by atoms with van der Waals surface area (Å²) < 4.78 is 7.03. The van der Waals surface area contributed by atoms with Crippen molar-refractivity contribution in [3.8, 4) is 11.4 Å². The highest BCUT2D eigenvalue weighted by Crippen LogP contribution is 2.37. The van der Waals surface area contributed by atoms with Crippen molar-refractivity contribution in [2.24, 2.45) is 5.92 Å². The van der Waals surface area contributed by atoms with E-state index in [-0.39, 0.29) is 17.2 Å². The maximum absolute atomic E-state index is 13.8. The number of carbonyl (C=O) groups excluding carboxylic acids is 1. The quantitative estimate of drug-likeness (QED) is 0.272. The molecule has 35 heavy (non-hydrogen) atoms. The van der Waals surface area contributed by atoms with Crippen LogP contribution in [-0.2, 0) is 17.6 Å². The normalized spacial score (nSPS) is 15.1. The monoisotopic (exact) mass is 505 g/mol. The smallest absolute Gasteiger partial charge is 0.267 e. The van der Waals surface area contributed by atoms with Crippen molar-refractivity contribution >= 4 is 44.9 Å². The first-order valence-corrected chi connectivity index (χ1v) is 13.4. The molecule has 6 nitrogen and oxygen atoms in total. The van der Waals surface area contributed by atoms with Gasteiger partial charge < -0.3 is 10.1 Å². The van der Waals surface area contributed by atoms with Crippen LogP contribution in [0.5, 0.6) is 5.75 Å². The van der Waals surface area contributed by atoms with Gasteiger partial charge in [-0.1, -0.05) is 43.0 Å². The van der Waals surface area contributed by atoms with Gasteiger partial charge in [0.2, 0.25) is 5.91 Å².